The molecule has 26 heavy (non-hydrogen) atoms. The Kier molecular flexibility index (Phi) is 4.40. The second kappa shape index (κ2) is 7.00. The minimum Gasteiger partial charge on any atom is -0.480 e. The van der Waals surface area contributed by atoms with Crippen LogP contribution in [0.5, 0.6) is 5.88 Å². The average Bonchev–Trinajstić information content (AvgIpc) is 2.73. The number of methoxy groups -OCH3 is 1. The number of nitrogens with zero attached hydrogens (tertiary/aromatic N) is 2. The summed E-state index contributed by atoms with van der Waals surface area (Å²) in [5.74, 6) is 0.478. The lowest BCUT2D eigenvalue weighted by Crippen LogP contribution is -2.38. The summed E-state index contributed by atoms with van der Waals surface area (Å²) in [6.45, 7) is 1.23. The van der Waals surface area contributed by atoms with Crippen molar-refractivity contribution in [3.63, 3.8) is 0 Å². The zero-order chi connectivity index (χ0) is 17.9. The molecule has 4 nitrogen and oxygen atoms in total. The van der Waals surface area contributed by atoms with Gasteiger partial charge in [-0.25, -0.2) is 4.98 Å². The van der Waals surface area contributed by atoms with Crippen LogP contribution >= 0.6 is 0 Å². The topological polar surface area (TPSA) is 42.4 Å². The molecule has 0 radical (unpaired) electrons. The molecule has 0 fully saturated rings. The van der Waals surface area contributed by atoms with Gasteiger partial charge in [-0.05, 0) is 28.8 Å². The molecule has 0 spiro atoms. The molecule has 4 heteroatoms. The molecular weight excluding hydrogens is 324 g/mol. The number of amides is 1. The average molecular weight is 344 g/mol. The highest BCUT2D eigenvalue weighted by Crippen LogP contribution is 2.34. The van der Waals surface area contributed by atoms with Gasteiger partial charge < -0.3 is 9.64 Å². The molecule has 0 N–H and O–H groups in total. The number of rotatable bonds is 3. The maximum atomic E-state index is 13.2. The van der Waals surface area contributed by atoms with E-state index in [1.54, 1.807) is 18.3 Å². The van der Waals surface area contributed by atoms with Crippen LogP contribution in [0.4, 0.5) is 0 Å². The molecule has 3 aromatic rings. The van der Waals surface area contributed by atoms with E-state index in [9.17, 15) is 4.79 Å². The smallest absolute Gasteiger partial charge is 0.259 e. The summed E-state index contributed by atoms with van der Waals surface area (Å²) >= 11 is 0. The van der Waals surface area contributed by atoms with Crippen molar-refractivity contribution < 1.29 is 9.53 Å². The molecular formula is C22H20N2O2. The number of carbonyl (C=O) groups is 1. The van der Waals surface area contributed by atoms with Crippen molar-refractivity contribution in [1.82, 2.24) is 9.88 Å². The van der Waals surface area contributed by atoms with Crippen LogP contribution in [0.1, 0.15) is 33.0 Å². The molecule has 2 aromatic carbocycles. The van der Waals surface area contributed by atoms with Gasteiger partial charge in [-0.15, -0.1) is 0 Å². The Morgan fingerprint density at radius 3 is 2.62 bits per heavy atom. The van der Waals surface area contributed by atoms with Crippen molar-refractivity contribution in [3.05, 3.63) is 95.2 Å². The second-order valence-electron chi connectivity index (χ2n) is 6.41. The van der Waals surface area contributed by atoms with E-state index in [1.165, 1.54) is 23.8 Å². The summed E-state index contributed by atoms with van der Waals surface area (Å²) in [7, 11) is 1.54. The van der Waals surface area contributed by atoms with Gasteiger partial charge >= 0.3 is 0 Å². The first-order chi connectivity index (χ1) is 12.8. The number of aromatic nitrogens is 1. The van der Waals surface area contributed by atoms with Gasteiger partial charge in [0, 0.05) is 25.2 Å². The van der Waals surface area contributed by atoms with E-state index in [4.69, 9.17) is 4.74 Å². The number of pyridine rings is 1. The Morgan fingerprint density at radius 1 is 1.04 bits per heavy atom. The molecule has 1 amide bonds. The minimum atomic E-state index is -0.0506. The fourth-order valence-electron chi connectivity index (χ4n) is 3.62. The third-order valence-electron chi connectivity index (χ3n) is 4.88. The lowest BCUT2D eigenvalue weighted by Gasteiger charge is -2.35. The Morgan fingerprint density at radius 2 is 1.81 bits per heavy atom. The summed E-state index contributed by atoms with van der Waals surface area (Å²) in [5, 5.41) is 0. The first-order valence-electron chi connectivity index (χ1n) is 8.69. The number of hydrogen-bond donors (Lipinski definition) is 0. The fourth-order valence-corrected chi connectivity index (χ4v) is 3.62. The molecule has 0 saturated heterocycles. The number of hydrogen-bond acceptors (Lipinski definition) is 3. The second-order valence-corrected chi connectivity index (χ2v) is 6.41. The molecule has 0 aliphatic carbocycles. The van der Waals surface area contributed by atoms with Gasteiger partial charge in [0.05, 0.1) is 7.11 Å². The molecule has 1 aromatic heterocycles. The number of ether oxygens (including phenoxy) is 1. The highest BCUT2D eigenvalue weighted by atomic mass is 16.5. The van der Waals surface area contributed by atoms with Crippen molar-refractivity contribution in [2.24, 2.45) is 0 Å². The first-order valence-corrected chi connectivity index (χ1v) is 8.69. The van der Waals surface area contributed by atoms with Gasteiger partial charge in [0.15, 0.2) is 0 Å². The maximum absolute atomic E-state index is 13.2. The molecule has 0 bridgehead atoms. The quantitative estimate of drug-likeness (QED) is 0.724. The molecule has 1 atom stereocenters. The Hall–Kier alpha value is -3.14. The van der Waals surface area contributed by atoms with E-state index < -0.39 is 0 Å². The highest BCUT2D eigenvalue weighted by molar-refractivity contribution is 5.96. The Balaban J connectivity index is 1.72. The molecule has 4 rings (SSSR count). The van der Waals surface area contributed by atoms with Crippen LogP contribution in [-0.4, -0.2) is 29.4 Å². The van der Waals surface area contributed by atoms with Crippen molar-refractivity contribution >= 4 is 5.91 Å². The van der Waals surface area contributed by atoms with Gasteiger partial charge in [0.2, 0.25) is 5.88 Å². The maximum Gasteiger partial charge on any atom is 0.259 e. The van der Waals surface area contributed by atoms with Crippen LogP contribution in [0, 0.1) is 0 Å². The summed E-state index contributed by atoms with van der Waals surface area (Å²) in [6.07, 6.45) is 1.63. The normalized spacial score (nSPS) is 16.0. The lowest BCUT2D eigenvalue weighted by atomic mass is 9.84. The van der Waals surface area contributed by atoms with E-state index in [0.29, 0.717) is 24.5 Å². The van der Waals surface area contributed by atoms with E-state index in [1.807, 2.05) is 29.2 Å². The lowest BCUT2D eigenvalue weighted by molar-refractivity contribution is 0.0720. The summed E-state index contributed by atoms with van der Waals surface area (Å²) in [5.41, 5.74) is 4.20. The SMILES string of the molecule is COc1ncccc1C(=O)N1Cc2ccccc2[C@H](c2ccccc2)C1. The van der Waals surface area contributed by atoms with Crippen LogP contribution < -0.4 is 4.74 Å². The summed E-state index contributed by atoms with van der Waals surface area (Å²) in [4.78, 5) is 19.2. The number of fused-ring (bicyclic) bond motifs is 1. The zero-order valence-corrected chi connectivity index (χ0v) is 14.6. The molecule has 130 valence electrons. The molecule has 1 aliphatic rings. The van der Waals surface area contributed by atoms with Gasteiger partial charge in [-0.3, -0.25) is 4.79 Å². The van der Waals surface area contributed by atoms with Gasteiger partial charge in [0.25, 0.3) is 5.91 Å². The minimum absolute atomic E-state index is 0.0506. The molecule has 1 aliphatic heterocycles. The fraction of sp³-hybridized carbons (Fsp3) is 0.182. The summed E-state index contributed by atoms with van der Waals surface area (Å²) in [6, 6.07) is 22.3. The van der Waals surface area contributed by atoms with Crippen LogP contribution in [0.25, 0.3) is 0 Å². The highest BCUT2D eigenvalue weighted by Gasteiger charge is 2.30. The molecule has 0 saturated carbocycles. The molecule has 2 heterocycles. The summed E-state index contributed by atoms with van der Waals surface area (Å²) < 4.78 is 5.28. The monoisotopic (exact) mass is 344 g/mol. The van der Waals surface area contributed by atoms with Gasteiger partial charge in [-0.1, -0.05) is 54.6 Å². The first kappa shape index (κ1) is 16.3. The van der Waals surface area contributed by atoms with Crippen molar-refractivity contribution in [2.45, 2.75) is 12.5 Å². The van der Waals surface area contributed by atoms with E-state index in [2.05, 4.69) is 35.3 Å². The van der Waals surface area contributed by atoms with Crippen molar-refractivity contribution in [3.8, 4) is 5.88 Å². The molecule has 0 unspecified atom stereocenters. The number of carbonyl (C=O) groups excluding carboxylic acids is 1. The van der Waals surface area contributed by atoms with Crippen LogP contribution in [0.15, 0.2) is 72.9 Å². The zero-order valence-electron chi connectivity index (χ0n) is 14.6. The van der Waals surface area contributed by atoms with Crippen LogP contribution in [-0.2, 0) is 6.54 Å². The predicted octanol–water partition coefficient (Wildman–Crippen LogP) is 3.88. The van der Waals surface area contributed by atoms with Crippen LogP contribution in [0.3, 0.4) is 0 Å². The van der Waals surface area contributed by atoms with E-state index in [-0.39, 0.29) is 11.8 Å². The van der Waals surface area contributed by atoms with E-state index in [0.717, 1.165) is 0 Å². The Bertz CT molecular complexity index is 924. The van der Waals surface area contributed by atoms with E-state index >= 15 is 0 Å². The largest absolute Gasteiger partial charge is 0.480 e. The van der Waals surface area contributed by atoms with Crippen molar-refractivity contribution in [1.29, 1.82) is 0 Å². The third kappa shape index (κ3) is 2.94. The predicted molar refractivity (Wildman–Crippen MR) is 100 cm³/mol. The number of benzene rings is 2. The van der Waals surface area contributed by atoms with Crippen LogP contribution in [0.2, 0.25) is 0 Å². The third-order valence-corrected chi connectivity index (χ3v) is 4.88. The standard InChI is InChI=1S/C22H20N2O2/c1-26-21-19(12-7-13-23-21)22(25)24-14-17-10-5-6-11-18(17)20(15-24)16-8-3-2-4-9-16/h2-13,20H,14-15H2,1H3/t20-/m0/s1. The van der Waals surface area contributed by atoms with Crippen molar-refractivity contribution in [2.75, 3.05) is 13.7 Å². The van der Waals surface area contributed by atoms with Gasteiger partial charge in [0.1, 0.15) is 5.56 Å². The van der Waals surface area contributed by atoms with Gasteiger partial charge in [-0.2, -0.15) is 0 Å². The Labute approximate surface area is 153 Å².